The average molecular weight is 410 g/mol. The number of carbonyl (C=O) groups is 2. The van der Waals surface area contributed by atoms with Crippen LogP contribution in [0.2, 0.25) is 0 Å². The molecule has 0 saturated heterocycles. The standard InChI is InChI=1S/C18H34O10/c1-5-9-11-15(21-7-3)13-23-17(19)25-27-28-26-18(20)24-14-16(22-8-4)12-10-6-2/h15-16H,5-14H2,1-4H3. The summed E-state index contributed by atoms with van der Waals surface area (Å²) in [6.45, 7) is 8.84. The van der Waals surface area contributed by atoms with Crippen LogP contribution in [0.4, 0.5) is 9.59 Å². The molecular formula is C18H34O10. The first kappa shape index (κ1) is 26.4. The summed E-state index contributed by atoms with van der Waals surface area (Å²) in [4.78, 5) is 31.0. The lowest BCUT2D eigenvalue weighted by Gasteiger charge is -2.16. The first-order chi connectivity index (χ1) is 13.6. The van der Waals surface area contributed by atoms with Crippen LogP contribution in [0, 0.1) is 0 Å². The fourth-order valence-electron chi connectivity index (χ4n) is 2.22. The zero-order chi connectivity index (χ0) is 21.0. The third-order valence-electron chi connectivity index (χ3n) is 3.57. The van der Waals surface area contributed by atoms with E-state index in [1.165, 1.54) is 0 Å². The normalized spacial score (nSPS) is 12.9. The van der Waals surface area contributed by atoms with E-state index in [9.17, 15) is 9.59 Å². The Morgan fingerprint density at radius 3 is 1.39 bits per heavy atom. The van der Waals surface area contributed by atoms with Crippen LogP contribution in [0.1, 0.15) is 66.2 Å². The molecule has 0 saturated carbocycles. The van der Waals surface area contributed by atoms with Crippen LogP contribution < -0.4 is 0 Å². The molecule has 0 spiro atoms. The zero-order valence-electron chi connectivity index (χ0n) is 17.3. The topological polar surface area (TPSA) is 108 Å². The maximum atomic E-state index is 11.4. The van der Waals surface area contributed by atoms with Gasteiger partial charge in [-0.3, -0.25) is 0 Å². The monoisotopic (exact) mass is 410 g/mol. The van der Waals surface area contributed by atoms with E-state index >= 15 is 0 Å². The second kappa shape index (κ2) is 18.7. The van der Waals surface area contributed by atoms with Gasteiger partial charge >= 0.3 is 12.3 Å². The minimum absolute atomic E-state index is 0.00943. The van der Waals surface area contributed by atoms with Crippen molar-refractivity contribution < 1.29 is 48.4 Å². The molecule has 0 aromatic carbocycles. The summed E-state index contributed by atoms with van der Waals surface area (Å²) in [6.07, 6.45) is 2.64. The minimum Gasteiger partial charge on any atom is -0.430 e. The molecule has 0 aliphatic rings. The van der Waals surface area contributed by atoms with Crippen LogP contribution in [-0.4, -0.2) is 50.9 Å². The first-order valence-corrected chi connectivity index (χ1v) is 9.81. The van der Waals surface area contributed by atoms with Crippen molar-refractivity contribution in [2.45, 2.75) is 78.4 Å². The van der Waals surface area contributed by atoms with Crippen LogP contribution in [0.5, 0.6) is 0 Å². The van der Waals surface area contributed by atoms with Gasteiger partial charge in [0, 0.05) is 23.3 Å². The molecule has 0 radical (unpaired) electrons. The largest absolute Gasteiger partial charge is 0.542 e. The van der Waals surface area contributed by atoms with Crippen molar-refractivity contribution >= 4 is 12.3 Å². The Hall–Kier alpha value is -1.62. The lowest BCUT2D eigenvalue weighted by atomic mass is 10.2. The van der Waals surface area contributed by atoms with E-state index in [2.05, 4.69) is 33.7 Å². The summed E-state index contributed by atoms with van der Waals surface area (Å²) >= 11 is 0. The molecule has 0 aliphatic heterocycles. The van der Waals surface area contributed by atoms with Gasteiger partial charge in [0.2, 0.25) is 0 Å². The van der Waals surface area contributed by atoms with Crippen molar-refractivity contribution in [3.8, 4) is 0 Å². The summed E-state index contributed by atoms with van der Waals surface area (Å²) in [5, 5.41) is 7.98. The molecule has 0 fully saturated rings. The Labute approximate surface area is 166 Å². The summed E-state index contributed by atoms with van der Waals surface area (Å²) in [5.41, 5.74) is 0. The van der Waals surface area contributed by atoms with Gasteiger partial charge in [-0.1, -0.05) is 39.5 Å². The Morgan fingerprint density at radius 1 is 0.679 bits per heavy atom. The molecule has 0 heterocycles. The van der Waals surface area contributed by atoms with Gasteiger partial charge in [0.25, 0.3) is 0 Å². The quantitative estimate of drug-likeness (QED) is 0.149. The molecule has 166 valence electrons. The van der Waals surface area contributed by atoms with Crippen molar-refractivity contribution in [2.75, 3.05) is 26.4 Å². The van der Waals surface area contributed by atoms with E-state index in [0.29, 0.717) is 13.2 Å². The maximum absolute atomic E-state index is 11.4. The molecule has 10 heteroatoms. The van der Waals surface area contributed by atoms with E-state index in [1.54, 1.807) is 0 Å². The lowest BCUT2D eigenvalue weighted by Crippen LogP contribution is -2.24. The van der Waals surface area contributed by atoms with Crippen LogP contribution >= 0.6 is 0 Å². The molecule has 0 N–H and O–H groups in total. The fraction of sp³-hybridized carbons (Fsp3) is 0.889. The molecule has 0 rings (SSSR count). The van der Waals surface area contributed by atoms with Gasteiger partial charge in [-0.05, 0) is 26.7 Å². The highest BCUT2D eigenvalue weighted by Gasteiger charge is 2.16. The number of rotatable bonds is 17. The highest BCUT2D eigenvalue weighted by Crippen LogP contribution is 2.07. The number of unbranched alkanes of at least 4 members (excludes halogenated alkanes) is 2. The molecule has 28 heavy (non-hydrogen) atoms. The van der Waals surface area contributed by atoms with Crippen LogP contribution in [0.25, 0.3) is 0 Å². The predicted molar refractivity (Wildman–Crippen MR) is 96.9 cm³/mol. The highest BCUT2D eigenvalue weighted by molar-refractivity contribution is 5.59. The maximum Gasteiger partial charge on any atom is 0.542 e. The van der Waals surface area contributed by atoms with E-state index < -0.39 is 12.3 Å². The Kier molecular flexibility index (Phi) is 17.6. The van der Waals surface area contributed by atoms with Gasteiger partial charge in [-0.25, -0.2) is 19.4 Å². The van der Waals surface area contributed by atoms with Gasteiger partial charge in [-0.2, -0.15) is 0 Å². The number of ether oxygens (including phenoxy) is 4. The van der Waals surface area contributed by atoms with Gasteiger partial charge in [0.05, 0.1) is 12.2 Å². The third kappa shape index (κ3) is 15.4. The fourth-order valence-corrected chi connectivity index (χ4v) is 2.22. The molecule has 10 nitrogen and oxygen atoms in total. The van der Waals surface area contributed by atoms with Crippen molar-refractivity contribution in [1.29, 1.82) is 0 Å². The molecule has 0 amide bonds. The molecule has 0 aromatic rings. The molecule has 2 unspecified atom stereocenters. The molecular weight excluding hydrogens is 376 g/mol. The second-order valence-electron chi connectivity index (χ2n) is 5.86. The number of carbonyl (C=O) groups excluding carboxylic acids is 2. The summed E-state index contributed by atoms with van der Waals surface area (Å²) in [7, 11) is 0. The van der Waals surface area contributed by atoms with E-state index in [0.717, 1.165) is 38.5 Å². The summed E-state index contributed by atoms with van der Waals surface area (Å²) in [6, 6.07) is 0. The van der Waals surface area contributed by atoms with Crippen molar-refractivity contribution in [2.24, 2.45) is 0 Å². The number of hydrogen-bond donors (Lipinski definition) is 0. The van der Waals surface area contributed by atoms with E-state index in [-0.39, 0.29) is 25.4 Å². The van der Waals surface area contributed by atoms with Gasteiger partial charge in [0.15, 0.2) is 0 Å². The molecule has 2 atom stereocenters. The summed E-state index contributed by atoms with van der Waals surface area (Å²) < 4.78 is 20.5. The predicted octanol–water partition coefficient (Wildman–Crippen LogP) is 4.26. The van der Waals surface area contributed by atoms with Crippen molar-refractivity contribution in [1.82, 2.24) is 0 Å². The van der Waals surface area contributed by atoms with Gasteiger partial charge < -0.3 is 18.9 Å². The molecule has 0 bridgehead atoms. The van der Waals surface area contributed by atoms with Crippen LogP contribution in [0.3, 0.4) is 0 Å². The average Bonchev–Trinajstić information content (AvgIpc) is 2.69. The molecule has 0 aliphatic carbocycles. The minimum atomic E-state index is -1.16. The lowest BCUT2D eigenvalue weighted by molar-refractivity contribution is -0.601. The van der Waals surface area contributed by atoms with E-state index in [4.69, 9.17) is 18.9 Å². The third-order valence-corrected chi connectivity index (χ3v) is 3.57. The smallest absolute Gasteiger partial charge is 0.430 e. The summed E-state index contributed by atoms with van der Waals surface area (Å²) in [5.74, 6) is 0. The zero-order valence-corrected chi connectivity index (χ0v) is 17.3. The second-order valence-corrected chi connectivity index (χ2v) is 5.86. The van der Waals surface area contributed by atoms with Crippen LogP contribution in [-0.2, 0) is 38.8 Å². The van der Waals surface area contributed by atoms with Crippen molar-refractivity contribution in [3.63, 3.8) is 0 Å². The van der Waals surface area contributed by atoms with Gasteiger partial charge in [0.1, 0.15) is 13.2 Å². The Morgan fingerprint density at radius 2 is 1.07 bits per heavy atom. The Bertz CT molecular complexity index is 355. The van der Waals surface area contributed by atoms with Crippen molar-refractivity contribution in [3.05, 3.63) is 0 Å². The van der Waals surface area contributed by atoms with E-state index in [1.807, 2.05) is 13.8 Å². The van der Waals surface area contributed by atoms with Gasteiger partial charge in [-0.15, -0.1) is 0 Å². The molecule has 0 aromatic heterocycles. The van der Waals surface area contributed by atoms with Crippen LogP contribution in [0.15, 0.2) is 0 Å². The number of hydrogen-bond acceptors (Lipinski definition) is 10. The highest BCUT2D eigenvalue weighted by atomic mass is 17.7. The first-order valence-electron chi connectivity index (χ1n) is 9.81. The SMILES string of the molecule is CCCCC(COC(=O)OOOOC(=O)OCC(CCCC)OCC)OCC. The Balaban J connectivity index is 3.85.